The molecule has 0 bridgehead atoms. The predicted molar refractivity (Wildman–Crippen MR) is 60.1 cm³/mol. The molecule has 0 aliphatic rings. The molecule has 16 heavy (non-hydrogen) atoms. The maximum Gasteiger partial charge on any atom is 0.418 e. The van der Waals surface area contributed by atoms with Crippen LogP contribution >= 0.6 is 0 Å². The first-order chi connectivity index (χ1) is 7.47. The highest BCUT2D eigenvalue weighted by atomic mass is 16.6. The SMILES string of the molecule is CC(C)(C)OC(=O)n1ccc2c[nH+]ccc21. The number of carbonyl (C=O) groups excluding carboxylic acids is 1. The number of aromatic nitrogens is 2. The normalized spacial score (nSPS) is 11.7. The van der Waals surface area contributed by atoms with Crippen LogP contribution in [0, 0.1) is 0 Å². The lowest BCUT2D eigenvalue weighted by molar-refractivity contribution is -0.375. The average molecular weight is 219 g/mol. The third-order valence-corrected chi connectivity index (χ3v) is 2.12. The van der Waals surface area contributed by atoms with Crippen LogP contribution in [-0.2, 0) is 4.74 Å². The predicted octanol–water partition coefficient (Wildman–Crippen LogP) is 2.24. The second-order valence-corrected chi connectivity index (χ2v) is 4.65. The summed E-state index contributed by atoms with van der Waals surface area (Å²) in [6, 6.07) is 3.72. The maximum atomic E-state index is 11.9. The van der Waals surface area contributed by atoms with Gasteiger partial charge in [0.25, 0.3) is 0 Å². The lowest BCUT2D eigenvalue weighted by Gasteiger charge is -2.19. The van der Waals surface area contributed by atoms with Crippen LogP contribution < -0.4 is 4.98 Å². The Morgan fingerprint density at radius 3 is 2.81 bits per heavy atom. The molecule has 4 heteroatoms. The van der Waals surface area contributed by atoms with Crippen molar-refractivity contribution >= 4 is 17.0 Å². The van der Waals surface area contributed by atoms with Crippen molar-refractivity contribution in [2.24, 2.45) is 0 Å². The molecule has 0 amide bonds. The van der Waals surface area contributed by atoms with Crippen LogP contribution in [0.2, 0.25) is 0 Å². The monoisotopic (exact) mass is 219 g/mol. The summed E-state index contributed by atoms with van der Waals surface area (Å²) in [5.41, 5.74) is 0.363. The Bertz CT molecular complexity index is 523. The Morgan fingerprint density at radius 1 is 1.38 bits per heavy atom. The molecular weight excluding hydrogens is 204 g/mol. The maximum absolute atomic E-state index is 11.9. The van der Waals surface area contributed by atoms with Crippen molar-refractivity contribution < 1.29 is 14.5 Å². The van der Waals surface area contributed by atoms with Gasteiger partial charge in [-0.05, 0) is 26.8 Å². The number of aromatic amines is 1. The van der Waals surface area contributed by atoms with E-state index in [4.69, 9.17) is 4.74 Å². The number of fused-ring (bicyclic) bond motifs is 1. The highest BCUT2D eigenvalue weighted by molar-refractivity contribution is 5.88. The molecule has 2 rings (SSSR count). The molecule has 4 nitrogen and oxygen atoms in total. The zero-order valence-electron chi connectivity index (χ0n) is 9.65. The number of carbonyl (C=O) groups is 1. The summed E-state index contributed by atoms with van der Waals surface area (Å²) in [6.07, 6.45) is 4.99. The fourth-order valence-corrected chi connectivity index (χ4v) is 1.49. The van der Waals surface area contributed by atoms with Crippen LogP contribution in [0.3, 0.4) is 0 Å². The van der Waals surface area contributed by atoms with E-state index in [1.54, 1.807) is 12.4 Å². The van der Waals surface area contributed by atoms with E-state index in [1.807, 2.05) is 39.1 Å². The van der Waals surface area contributed by atoms with Crippen LogP contribution in [0.4, 0.5) is 4.79 Å². The van der Waals surface area contributed by atoms with Gasteiger partial charge in [-0.1, -0.05) is 0 Å². The van der Waals surface area contributed by atoms with Gasteiger partial charge in [-0.2, -0.15) is 0 Å². The van der Waals surface area contributed by atoms with Crippen LogP contribution in [0.25, 0.3) is 10.9 Å². The van der Waals surface area contributed by atoms with Crippen LogP contribution in [-0.4, -0.2) is 16.3 Å². The number of rotatable bonds is 0. The van der Waals surface area contributed by atoms with Crippen molar-refractivity contribution in [3.63, 3.8) is 0 Å². The third kappa shape index (κ3) is 2.05. The lowest BCUT2D eigenvalue weighted by Crippen LogP contribution is -2.26. The van der Waals surface area contributed by atoms with E-state index in [9.17, 15) is 4.79 Å². The van der Waals surface area contributed by atoms with Gasteiger partial charge in [0.1, 0.15) is 5.60 Å². The molecular formula is C12H15N2O2+. The number of H-pyrrole nitrogens is 1. The number of nitrogens with one attached hydrogen (secondary N) is 1. The van der Waals surface area contributed by atoms with E-state index in [0.717, 1.165) is 10.9 Å². The minimum atomic E-state index is -0.478. The molecule has 0 saturated heterocycles. The summed E-state index contributed by atoms with van der Waals surface area (Å²) in [7, 11) is 0. The zero-order valence-corrected chi connectivity index (χ0v) is 9.65. The van der Waals surface area contributed by atoms with Crippen molar-refractivity contribution in [2.75, 3.05) is 0 Å². The highest BCUT2D eigenvalue weighted by Crippen LogP contribution is 2.15. The lowest BCUT2D eigenvalue weighted by atomic mass is 10.2. The fourth-order valence-electron chi connectivity index (χ4n) is 1.49. The van der Waals surface area contributed by atoms with E-state index in [2.05, 4.69) is 4.98 Å². The number of hydrogen-bond donors (Lipinski definition) is 0. The standard InChI is InChI=1S/C12H14N2O2/c1-12(2,3)16-11(15)14-7-5-9-8-13-6-4-10(9)14/h4-8H,1-3H3/p+1. The van der Waals surface area contributed by atoms with Gasteiger partial charge in [-0.25, -0.2) is 9.78 Å². The van der Waals surface area contributed by atoms with Crippen molar-refractivity contribution in [1.29, 1.82) is 0 Å². The van der Waals surface area contributed by atoms with Crippen molar-refractivity contribution in [2.45, 2.75) is 26.4 Å². The molecule has 0 radical (unpaired) electrons. The first-order valence-corrected chi connectivity index (χ1v) is 5.18. The quantitative estimate of drug-likeness (QED) is 0.682. The molecule has 84 valence electrons. The van der Waals surface area contributed by atoms with Crippen LogP contribution in [0.1, 0.15) is 20.8 Å². The largest absolute Gasteiger partial charge is 0.443 e. The van der Waals surface area contributed by atoms with Gasteiger partial charge in [0.05, 0.1) is 10.9 Å². The molecule has 2 aromatic rings. The smallest absolute Gasteiger partial charge is 0.418 e. The molecule has 0 aromatic carbocycles. The van der Waals surface area contributed by atoms with Crippen LogP contribution in [0.15, 0.2) is 30.7 Å². The molecule has 1 N–H and O–H groups in total. The minimum absolute atomic E-state index is 0.353. The summed E-state index contributed by atoms with van der Waals surface area (Å²) < 4.78 is 6.81. The molecule has 0 unspecified atom stereocenters. The van der Waals surface area contributed by atoms with Crippen molar-refractivity contribution in [3.05, 3.63) is 30.7 Å². The van der Waals surface area contributed by atoms with E-state index >= 15 is 0 Å². The van der Waals surface area contributed by atoms with Gasteiger partial charge >= 0.3 is 6.09 Å². The summed E-state index contributed by atoms with van der Waals surface area (Å²) in [5, 5.41) is 0.980. The molecule has 2 heterocycles. The zero-order chi connectivity index (χ0) is 11.8. The van der Waals surface area contributed by atoms with Crippen LogP contribution in [0.5, 0.6) is 0 Å². The number of ether oxygens (including phenoxy) is 1. The van der Waals surface area contributed by atoms with E-state index in [1.165, 1.54) is 4.57 Å². The highest BCUT2D eigenvalue weighted by Gasteiger charge is 2.19. The second kappa shape index (κ2) is 3.63. The first kappa shape index (κ1) is 10.7. The summed E-state index contributed by atoms with van der Waals surface area (Å²) >= 11 is 0. The Hall–Kier alpha value is -1.84. The topological polar surface area (TPSA) is 45.4 Å². The Labute approximate surface area is 93.9 Å². The summed E-state index contributed by atoms with van der Waals surface area (Å²) in [5.74, 6) is 0. The van der Waals surface area contributed by atoms with E-state index < -0.39 is 5.60 Å². The molecule has 0 fully saturated rings. The Kier molecular flexibility index (Phi) is 2.42. The third-order valence-electron chi connectivity index (χ3n) is 2.12. The van der Waals surface area contributed by atoms with Gasteiger partial charge in [0.15, 0.2) is 12.4 Å². The molecule has 0 aliphatic heterocycles. The summed E-state index contributed by atoms with van der Waals surface area (Å²) in [6.45, 7) is 5.55. The van der Waals surface area contributed by atoms with Gasteiger partial charge in [0.2, 0.25) is 0 Å². The number of hydrogen-bond acceptors (Lipinski definition) is 2. The van der Waals surface area contributed by atoms with Gasteiger partial charge in [0, 0.05) is 12.3 Å². The van der Waals surface area contributed by atoms with Gasteiger partial charge in [-0.3, -0.25) is 4.57 Å². The second-order valence-electron chi connectivity index (χ2n) is 4.65. The minimum Gasteiger partial charge on any atom is -0.443 e. The van der Waals surface area contributed by atoms with E-state index in [0.29, 0.717) is 0 Å². The van der Waals surface area contributed by atoms with Crippen molar-refractivity contribution in [3.8, 4) is 0 Å². The first-order valence-electron chi connectivity index (χ1n) is 5.18. The molecule has 0 atom stereocenters. The van der Waals surface area contributed by atoms with Gasteiger partial charge < -0.3 is 4.74 Å². The van der Waals surface area contributed by atoms with Gasteiger partial charge in [-0.15, -0.1) is 0 Å². The Balaban J connectivity index is 2.37. The Morgan fingerprint density at radius 2 is 2.12 bits per heavy atom. The average Bonchev–Trinajstić information content (AvgIpc) is 2.58. The fraction of sp³-hybridized carbons (Fsp3) is 0.333. The number of pyridine rings is 1. The van der Waals surface area contributed by atoms with Crippen molar-refractivity contribution in [1.82, 2.24) is 4.57 Å². The number of nitrogens with zero attached hydrogens (tertiary/aromatic N) is 1. The molecule has 2 aromatic heterocycles. The molecule has 0 aliphatic carbocycles. The van der Waals surface area contributed by atoms with E-state index in [-0.39, 0.29) is 6.09 Å². The molecule has 0 spiro atoms. The summed E-state index contributed by atoms with van der Waals surface area (Å²) in [4.78, 5) is 14.8. The molecule has 0 saturated carbocycles.